The lowest BCUT2D eigenvalue weighted by atomic mass is 9.97. The molecule has 0 radical (unpaired) electrons. The van der Waals surface area contributed by atoms with Gasteiger partial charge in [0, 0.05) is 34.7 Å². The third-order valence-corrected chi connectivity index (χ3v) is 4.59. The number of halogens is 2. The van der Waals surface area contributed by atoms with Crippen LogP contribution in [0.5, 0.6) is 0 Å². The van der Waals surface area contributed by atoms with Crippen molar-refractivity contribution < 1.29 is 4.79 Å². The van der Waals surface area contributed by atoms with Crippen LogP contribution < -0.4 is 10.6 Å². The lowest BCUT2D eigenvalue weighted by Crippen LogP contribution is -2.14. The summed E-state index contributed by atoms with van der Waals surface area (Å²) in [4.78, 5) is 20.7. The van der Waals surface area contributed by atoms with Crippen LogP contribution >= 0.6 is 23.2 Å². The highest BCUT2D eigenvalue weighted by Gasteiger charge is 2.09. The van der Waals surface area contributed by atoms with Gasteiger partial charge in [0.1, 0.15) is 0 Å². The number of carbonyl (C=O) groups is 1. The van der Waals surface area contributed by atoms with Crippen LogP contribution in [0.3, 0.4) is 0 Å². The maximum Gasteiger partial charge on any atom is 0.258 e. The Balaban J connectivity index is 1.53. The molecule has 2 aromatic rings. The van der Waals surface area contributed by atoms with Gasteiger partial charge in [0.25, 0.3) is 5.91 Å². The Morgan fingerprint density at radius 2 is 1.81 bits per heavy atom. The molecule has 0 unspecified atom stereocenters. The molecule has 0 bridgehead atoms. The molecule has 0 spiro atoms. The van der Waals surface area contributed by atoms with Gasteiger partial charge < -0.3 is 10.6 Å². The molecule has 1 heterocycles. The molecule has 0 saturated carbocycles. The van der Waals surface area contributed by atoms with E-state index in [2.05, 4.69) is 26.7 Å². The van der Waals surface area contributed by atoms with Crippen molar-refractivity contribution in [2.24, 2.45) is 0 Å². The molecule has 0 atom stereocenters. The van der Waals surface area contributed by atoms with E-state index >= 15 is 0 Å². The van der Waals surface area contributed by atoms with E-state index < -0.39 is 0 Å². The lowest BCUT2D eigenvalue weighted by Gasteiger charge is -2.12. The second kappa shape index (κ2) is 9.01. The number of hydrogen-bond donors (Lipinski definition) is 2. The zero-order valence-electron chi connectivity index (χ0n) is 14.3. The predicted octanol–water partition coefficient (Wildman–Crippen LogP) is 5.34. The number of amides is 1. The van der Waals surface area contributed by atoms with Gasteiger partial charge in [-0.2, -0.15) is 0 Å². The Morgan fingerprint density at radius 3 is 2.46 bits per heavy atom. The van der Waals surface area contributed by atoms with Crippen LogP contribution in [0.4, 0.5) is 11.6 Å². The van der Waals surface area contributed by atoms with Crippen molar-refractivity contribution in [1.82, 2.24) is 9.97 Å². The average molecular weight is 391 g/mol. The van der Waals surface area contributed by atoms with E-state index in [1.807, 2.05) is 0 Å². The molecule has 3 rings (SSSR count). The van der Waals surface area contributed by atoms with Gasteiger partial charge in [0.15, 0.2) is 0 Å². The van der Waals surface area contributed by atoms with E-state index in [1.54, 1.807) is 18.2 Å². The van der Waals surface area contributed by atoms with Gasteiger partial charge >= 0.3 is 0 Å². The van der Waals surface area contributed by atoms with Crippen LogP contribution in [0.1, 0.15) is 42.5 Å². The number of allylic oxidation sites excluding steroid dienone is 1. The van der Waals surface area contributed by atoms with Gasteiger partial charge in [-0.25, -0.2) is 9.97 Å². The molecular formula is C19H20Cl2N4O. The smallest absolute Gasteiger partial charge is 0.258 e. The molecule has 1 aromatic carbocycles. The first-order chi connectivity index (χ1) is 12.6. The predicted molar refractivity (Wildman–Crippen MR) is 106 cm³/mol. The summed E-state index contributed by atoms with van der Waals surface area (Å²) in [6.45, 7) is 0.790. The minimum absolute atomic E-state index is 0.317. The molecule has 1 aromatic heterocycles. The molecule has 0 fully saturated rings. The van der Waals surface area contributed by atoms with E-state index in [9.17, 15) is 4.79 Å². The van der Waals surface area contributed by atoms with E-state index in [1.165, 1.54) is 43.7 Å². The Bertz CT molecular complexity index is 785. The van der Waals surface area contributed by atoms with Crippen molar-refractivity contribution >= 4 is 40.7 Å². The van der Waals surface area contributed by atoms with Gasteiger partial charge in [-0.05, 0) is 50.3 Å². The van der Waals surface area contributed by atoms with Crippen molar-refractivity contribution in [3.8, 4) is 0 Å². The molecule has 1 aliphatic carbocycles. The Morgan fingerprint density at radius 1 is 1.08 bits per heavy atom. The molecule has 1 aliphatic rings. The average Bonchev–Trinajstić information content (AvgIpc) is 2.62. The molecule has 7 heteroatoms. The zero-order valence-corrected chi connectivity index (χ0v) is 15.8. The van der Waals surface area contributed by atoms with Gasteiger partial charge in [-0.1, -0.05) is 34.9 Å². The van der Waals surface area contributed by atoms with Gasteiger partial charge in [0.2, 0.25) is 5.95 Å². The third-order valence-electron chi connectivity index (χ3n) is 4.15. The summed E-state index contributed by atoms with van der Waals surface area (Å²) in [6.07, 6.45) is 11.3. The number of rotatable bonds is 6. The molecule has 26 heavy (non-hydrogen) atoms. The zero-order chi connectivity index (χ0) is 18.4. The van der Waals surface area contributed by atoms with Crippen LogP contribution in [-0.4, -0.2) is 22.4 Å². The maximum absolute atomic E-state index is 12.3. The van der Waals surface area contributed by atoms with Crippen molar-refractivity contribution in [3.05, 3.63) is 57.9 Å². The van der Waals surface area contributed by atoms with Crippen molar-refractivity contribution in [1.29, 1.82) is 0 Å². The fourth-order valence-corrected chi connectivity index (χ4v) is 3.36. The summed E-state index contributed by atoms with van der Waals surface area (Å²) in [6, 6.07) is 4.86. The third kappa shape index (κ3) is 5.44. The van der Waals surface area contributed by atoms with Crippen LogP contribution in [0, 0.1) is 0 Å². The highest BCUT2D eigenvalue weighted by atomic mass is 35.5. The number of anilines is 2. The minimum Gasteiger partial charge on any atom is -0.354 e. The highest BCUT2D eigenvalue weighted by molar-refractivity contribution is 6.35. The molecule has 0 aliphatic heterocycles. The van der Waals surface area contributed by atoms with Crippen molar-refractivity contribution in [3.63, 3.8) is 0 Å². The van der Waals surface area contributed by atoms with E-state index in [0.29, 0.717) is 27.2 Å². The molecule has 1 amide bonds. The first-order valence-corrected chi connectivity index (χ1v) is 9.37. The Kier molecular flexibility index (Phi) is 6.47. The SMILES string of the molecule is O=C(Nc1cc(Cl)cc(Cl)c1)c1cnc(NCCC2=CCCCC2)nc1. The number of nitrogens with zero attached hydrogens (tertiary/aromatic N) is 2. The first kappa shape index (κ1) is 18.7. The lowest BCUT2D eigenvalue weighted by molar-refractivity contribution is 0.102. The minimum atomic E-state index is -0.317. The van der Waals surface area contributed by atoms with Gasteiger partial charge in [-0.3, -0.25) is 4.79 Å². The quantitative estimate of drug-likeness (QED) is 0.653. The van der Waals surface area contributed by atoms with Crippen molar-refractivity contribution in [2.45, 2.75) is 32.1 Å². The summed E-state index contributed by atoms with van der Waals surface area (Å²) in [5, 5.41) is 6.83. The van der Waals surface area contributed by atoms with Crippen LogP contribution in [0.2, 0.25) is 10.0 Å². The summed E-state index contributed by atoms with van der Waals surface area (Å²) in [5.41, 5.74) is 2.39. The number of hydrogen-bond acceptors (Lipinski definition) is 4. The summed E-state index contributed by atoms with van der Waals surface area (Å²) in [7, 11) is 0. The fourth-order valence-electron chi connectivity index (χ4n) is 2.83. The molecule has 2 N–H and O–H groups in total. The maximum atomic E-state index is 12.3. The number of nitrogens with one attached hydrogen (secondary N) is 2. The fraction of sp³-hybridized carbons (Fsp3) is 0.316. The molecule has 0 saturated heterocycles. The van der Waals surface area contributed by atoms with E-state index in [0.717, 1.165) is 13.0 Å². The monoisotopic (exact) mass is 390 g/mol. The van der Waals surface area contributed by atoms with Crippen LogP contribution in [-0.2, 0) is 0 Å². The van der Waals surface area contributed by atoms with Crippen molar-refractivity contribution in [2.75, 3.05) is 17.2 Å². The second-order valence-electron chi connectivity index (χ2n) is 6.19. The Labute approximate surface area is 162 Å². The molecule has 5 nitrogen and oxygen atoms in total. The summed E-state index contributed by atoms with van der Waals surface area (Å²) in [5.74, 6) is 0.200. The summed E-state index contributed by atoms with van der Waals surface area (Å²) < 4.78 is 0. The largest absolute Gasteiger partial charge is 0.354 e. The molecule has 136 valence electrons. The number of benzene rings is 1. The van der Waals surface area contributed by atoms with Gasteiger partial charge in [0.05, 0.1) is 5.56 Å². The normalized spacial score (nSPS) is 13.8. The second-order valence-corrected chi connectivity index (χ2v) is 7.07. The topological polar surface area (TPSA) is 66.9 Å². The Hall–Kier alpha value is -2.11. The van der Waals surface area contributed by atoms with Gasteiger partial charge in [-0.15, -0.1) is 0 Å². The van der Waals surface area contributed by atoms with E-state index in [4.69, 9.17) is 23.2 Å². The van der Waals surface area contributed by atoms with E-state index in [-0.39, 0.29) is 5.91 Å². The standard InChI is InChI=1S/C19H20Cl2N4O/c20-15-8-16(21)10-17(9-15)25-18(26)14-11-23-19(24-12-14)22-7-6-13-4-2-1-3-5-13/h4,8-12H,1-3,5-7H2,(H,25,26)(H,22,23,24). The first-order valence-electron chi connectivity index (χ1n) is 8.61. The van der Waals surface area contributed by atoms with Crippen LogP contribution in [0.25, 0.3) is 0 Å². The molecular weight excluding hydrogens is 371 g/mol. The number of carbonyl (C=O) groups excluding carboxylic acids is 1. The highest BCUT2D eigenvalue weighted by Crippen LogP contribution is 2.23. The summed E-state index contributed by atoms with van der Waals surface area (Å²) >= 11 is 11.9. The number of aromatic nitrogens is 2. The van der Waals surface area contributed by atoms with Crippen LogP contribution in [0.15, 0.2) is 42.2 Å².